The fraction of sp³-hybridized carbons (Fsp3) is 0.160. The van der Waals surface area contributed by atoms with Crippen molar-refractivity contribution in [2.45, 2.75) is 18.9 Å². The fourth-order valence-electron chi connectivity index (χ4n) is 3.79. The van der Waals surface area contributed by atoms with Crippen molar-refractivity contribution in [2.24, 2.45) is 0 Å². The molecule has 2 aromatic carbocycles. The van der Waals surface area contributed by atoms with E-state index in [4.69, 9.17) is 11.6 Å². The minimum absolute atomic E-state index is 0.0590. The smallest absolute Gasteiger partial charge is 0.317 e. The molecule has 166 valence electrons. The van der Waals surface area contributed by atoms with Crippen molar-refractivity contribution in [3.8, 4) is 11.8 Å². The lowest BCUT2D eigenvalue weighted by atomic mass is 9.85. The van der Waals surface area contributed by atoms with Crippen LogP contribution in [0.25, 0.3) is 0 Å². The van der Waals surface area contributed by atoms with Crippen molar-refractivity contribution in [3.63, 3.8) is 0 Å². The van der Waals surface area contributed by atoms with Gasteiger partial charge in [0.15, 0.2) is 11.6 Å². The van der Waals surface area contributed by atoms with Gasteiger partial charge in [-0.1, -0.05) is 41.6 Å². The number of urea groups is 1. The Labute approximate surface area is 194 Å². The van der Waals surface area contributed by atoms with Crippen molar-refractivity contribution < 1.29 is 18.4 Å². The highest BCUT2D eigenvalue weighted by Crippen LogP contribution is 2.41. The van der Waals surface area contributed by atoms with Crippen LogP contribution >= 0.6 is 11.6 Å². The molecule has 0 spiro atoms. The zero-order chi connectivity index (χ0) is 23.8. The Morgan fingerprint density at radius 3 is 2.33 bits per heavy atom. The third-order valence-corrected chi connectivity index (χ3v) is 6.00. The Morgan fingerprint density at radius 1 is 1.03 bits per heavy atom. The Kier molecular flexibility index (Phi) is 5.88. The first-order valence-electron chi connectivity index (χ1n) is 9.99. The van der Waals surface area contributed by atoms with Gasteiger partial charge in [-0.25, -0.2) is 18.5 Å². The van der Waals surface area contributed by atoms with Gasteiger partial charge in [0.1, 0.15) is 5.69 Å². The highest BCUT2D eigenvalue weighted by Gasteiger charge is 2.48. The topological polar surface area (TPSA) is 53.5 Å². The van der Waals surface area contributed by atoms with Gasteiger partial charge in [0.05, 0.1) is 12.0 Å². The quantitative estimate of drug-likeness (QED) is 0.494. The summed E-state index contributed by atoms with van der Waals surface area (Å²) in [6, 6.07) is 11.4. The maximum absolute atomic E-state index is 15.0. The molecule has 1 atom stereocenters. The molecule has 0 N–H and O–H groups in total. The minimum atomic E-state index is -1.08. The minimum Gasteiger partial charge on any atom is -0.317 e. The molecule has 0 radical (unpaired) electrons. The van der Waals surface area contributed by atoms with Crippen LogP contribution in [0.15, 0.2) is 60.9 Å². The molecule has 1 saturated heterocycles. The summed E-state index contributed by atoms with van der Waals surface area (Å²) < 4.78 is 29.9. The summed E-state index contributed by atoms with van der Waals surface area (Å²) >= 11 is 6.30. The van der Waals surface area contributed by atoms with Crippen LogP contribution in [0.4, 0.5) is 19.3 Å². The monoisotopic (exact) mass is 465 g/mol. The molecule has 1 aliphatic rings. The Balaban J connectivity index is 1.69. The van der Waals surface area contributed by atoms with Crippen molar-refractivity contribution in [1.82, 2.24) is 9.88 Å². The first-order chi connectivity index (χ1) is 15.7. The standard InChI is InChI=1S/C25H18ClF2N3O2/c1-25(18-7-3-4-8-19(18)26)14-22(32)31(24(33)30(25)2)23-20(27)12-17(13-21(23)28)10-9-16-6-5-11-29-15-16/h3-8,11-13,15H,14H2,1-2H3. The SMILES string of the molecule is CN1C(=O)N(c2c(F)cc(C#Cc3cccnc3)cc2F)C(=O)CC1(C)c1ccccc1Cl. The number of nitrogens with zero attached hydrogens (tertiary/aromatic N) is 3. The van der Waals surface area contributed by atoms with Gasteiger partial charge in [-0.3, -0.25) is 9.78 Å². The molecule has 1 fully saturated rings. The van der Waals surface area contributed by atoms with Gasteiger partial charge in [0, 0.05) is 35.6 Å². The lowest BCUT2D eigenvalue weighted by molar-refractivity contribution is -0.122. The summed E-state index contributed by atoms with van der Waals surface area (Å²) in [4.78, 5) is 31.9. The maximum atomic E-state index is 15.0. The van der Waals surface area contributed by atoms with Gasteiger partial charge in [-0.15, -0.1) is 0 Å². The zero-order valence-electron chi connectivity index (χ0n) is 17.8. The average molecular weight is 466 g/mol. The lowest BCUT2D eigenvalue weighted by Gasteiger charge is -2.46. The van der Waals surface area contributed by atoms with Gasteiger partial charge in [0.25, 0.3) is 0 Å². The number of aromatic nitrogens is 1. The summed E-state index contributed by atoms with van der Waals surface area (Å²) in [5, 5.41) is 0.384. The second kappa shape index (κ2) is 8.64. The maximum Gasteiger partial charge on any atom is 0.332 e. The highest BCUT2D eigenvalue weighted by atomic mass is 35.5. The van der Waals surface area contributed by atoms with E-state index in [0.717, 1.165) is 12.1 Å². The van der Waals surface area contributed by atoms with E-state index in [2.05, 4.69) is 16.8 Å². The number of anilines is 1. The summed E-state index contributed by atoms with van der Waals surface area (Å²) in [6.07, 6.45) is 2.89. The number of carbonyl (C=O) groups excluding carboxylic acids is 2. The Hall–Kier alpha value is -3.76. The van der Waals surface area contributed by atoms with E-state index in [9.17, 15) is 18.4 Å². The largest absolute Gasteiger partial charge is 0.332 e. The molecule has 0 saturated carbocycles. The van der Waals surface area contributed by atoms with E-state index >= 15 is 0 Å². The van der Waals surface area contributed by atoms with Gasteiger partial charge < -0.3 is 4.90 Å². The fourth-order valence-corrected chi connectivity index (χ4v) is 4.13. The highest BCUT2D eigenvalue weighted by molar-refractivity contribution is 6.31. The van der Waals surface area contributed by atoms with Crippen molar-refractivity contribution >= 4 is 29.2 Å². The van der Waals surface area contributed by atoms with Crippen LogP contribution in [-0.4, -0.2) is 28.9 Å². The molecule has 3 aromatic rings. The normalized spacial score (nSPS) is 18.2. The van der Waals surface area contributed by atoms with Gasteiger partial charge in [-0.05, 0) is 42.8 Å². The van der Waals surface area contributed by atoms with Gasteiger partial charge >= 0.3 is 6.03 Å². The lowest BCUT2D eigenvalue weighted by Crippen LogP contribution is -2.60. The second-order valence-electron chi connectivity index (χ2n) is 7.78. The molecule has 1 aromatic heterocycles. The molecule has 2 heterocycles. The van der Waals surface area contributed by atoms with E-state index in [1.807, 2.05) is 0 Å². The number of hydrogen-bond acceptors (Lipinski definition) is 3. The first kappa shape index (κ1) is 22.4. The third-order valence-electron chi connectivity index (χ3n) is 5.67. The van der Waals surface area contributed by atoms with Crippen LogP contribution in [0.5, 0.6) is 0 Å². The second-order valence-corrected chi connectivity index (χ2v) is 8.19. The number of amides is 3. The van der Waals surface area contributed by atoms with Crippen LogP contribution < -0.4 is 4.90 Å². The number of carbonyl (C=O) groups is 2. The Bertz CT molecular complexity index is 1300. The molecule has 0 bridgehead atoms. The van der Waals surface area contributed by atoms with E-state index in [-0.39, 0.29) is 12.0 Å². The summed E-state index contributed by atoms with van der Waals surface area (Å²) in [5.74, 6) is 2.54. The number of hydrogen-bond donors (Lipinski definition) is 0. The number of benzene rings is 2. The van der Waals surface area contributed by atoms with Gasteiger partial charge in [-0.2, -0.15) is 0 Å². The number of pyridine rings is 1. The van der Waals surface area contributed by atoms with Crippen LogP contribution in [0.2, 0.25) is 5.02 Å². The van der Waals surface area contributed by atoms with E-state index in [1.165, 1.54) is 18.1 Å². The molecule has 8 heteroatoms. The molecule has 1 aliphatic heterocycles. The number of rotatable bonds is 2. The zero-order valence-corrected chi connectivity index (χ0v) is 18.5. The average Bonchev–Trinajstić information content (AvgIpc) is 2.79. The Morgan fingerprint density at radius 2 is 1.70 bits per heavy atom. The predicted molar refractivity (Wildman–Crippen MR) is 121 cm³/mol. The molecule has 1 unspecified atom stereocenters. The van der Waals surface area contributed by atoms with Gasteiger partial charge in [0.2, 0.25) is 5.91 Å². The summed E-state index contributed by atoms with van der Waals surface area (Å²) in [5.41, 5.74) is -0.610. The van der Waals surface area contributed by atoms with Crippen molar-refractivity contribution in [1.29, 1.82) is 0 Å². The molecule has 33 heavy (non-hydrogen) atoms. The summed E-state index contributed by atoms with van der Waals surface area (Å²) in [6.45, 7) is 1.69. The molecule has 4 rings (SSSR count). The molecule has 3 amide bonds. The summed E-state index contributed by atoms with van der Waals surface area (Å²) in [7, 11) is 1.47. The number of halogens is 3. The van der Waals surface area contributed by atoms with Crippen LogP contribution in [0, 0.1) is 23.5 Å². The molecule has 0 aliphatic carbocycles. The first-order valence-corrected chi connectivity index (χ1v) is 10.4. The van der Waals surface area contributed by atoms with Crippen molar-refractivity contribution in [3.05, 3.63) is 94.3 Å². The van der Waals surface area contributed by atoms with Crippen LogP contribution in [-0.2, 0) is 10.3 Å². The van der Waals surface area contributed by atoms with Crippen molar-refractivity contribution in [2.75, 3.05) is 11.9 Å². The van der Waals surface area contributed by atoms with E-state index in [0.29, 0.717) is 21.0 Å². The molecular formula is C25H18ClF2N3O2. The van der Waals surface area contributed by atoms with E-state index < -0.39 is 34.8 Å². The molecular weight excluding hydrogens is 448 g/mol. The third kappa shape index (κ3) is 4.06. The number of imide groups is 1. The van der Waals surface area contributed by atoms with Crippen LogP contribution in [0.3, 0.4) is 0 Å². The van der Waals surface area contributed by atoms with Crippen LogP contribution in [0.1, 0.15) is 30.0 Å². The predicted octanol–water partition coefficient (Wildman–Crippen LogP) is 5.12. The van der Waals surface area contributed by atoms with E-state index in [1.54, 1.807) is 49.5 Å². The molecule has 5 nitrogen and oxygen atoms in total.